The highest BCUT2D eigenvalue weighted by atomic mass is 31.2. The summed E-state index contributed by atoms with van der Waals surface area (Å²) in [5.74, 6) is -0.952. The third-order valence-corrected chi connectivity index (χ3v) is 5.04. The van der Waals surface area contributed by atoms with Crippen LogP contribution in [0.25, 0.3) is 0 Å². The summed E-state index contributed by atoms with van der Waals surface area (Å²) in [6.45, 7) is 5.53. The fourth-order valence-electron chi connectivity index (χ4n) is 2.65. The van der Waals surface area contributed by atoms with Gasteiger partial charge in [0.25, 0.3) is 0 Å². The Morgan fingerprint density at radius 2 is 1.28 bits per heavy atom. The van der Waals surface area contributed by atoms with Crippen molar-refractivity contribution in [1.82, 2.24) is 0 Å². The molecule has 0 radical (unpaired) electrons. The lowest BCUT2D eigenvalue weighted by molar-refractivity contribution is -0.130. The maximum atomic E-state index is 11.4. The lowest BCUT2D eigenvalue weighted by atomic mass is 10.0. The van der Waals surface area contributed by atoms with E-state index in [1.807, 2.05) is 0 Å². The van der Waals surface area contributed by atoms with Crippen molar-refractivity contribution >= 4 is 13.8 Å². The largest absolute Gasteiger partial charge is 0.529 e. The Morgan fingerprint density at radius 3 is 1.68 bits per heavy atom. The van der Waals surface area contributed by atoms with E-state index in [1.54, 1.807) is 0 Å². The van der Waals surface area contributed by atoms with Crippen LogP contribution in [-0.2, 0) is 18.4 Å². The maximum absolute atomic E-state index is 11.4. The molecule has 0 aromatic heterocycles. The van der Waals surface area contributed by atoms with E-state index in [0.29, 0.717) is 6.42 Å². The fourth-order valence-corrected chi connectivity index (χ4v) is 3.37. The molecule has 5 nitrogen and oxygen atoms in total. The molecule has 0 fully saturated rings. The number of phosphoric ester groups is 1. The number of unbranched alkanes of at least 4 members (excludes halogenated alkanes) is 13. The van der Waals surface area contributed by atoms with Gasteiger partial charge in [-0.1, -0.05) is 97.0 Å². The second-order valence-electron chi connectivity index (χ2n) is 6.51. The Balaban J connectivity index is 3.27. The molecule has 6 heteroatoms. The Bertz CT molecular complexity index is 384. The first-order valence-electron chi connectivity index (χ1n) is 9.85. The zero-order valence-corrected chi connectivity index (χ0v) is 16.8. The molecule has 0 amide bonds. The zero-order chi connectivity index (χ0) is 18.8. The molecule has 1 unspecified atom stereocenters. The van der Waals surface area contributed by atoms with Gasteiger partial charge in [0.1, 0.15) is 0 Å². The number of hydrogen-bond acceptors (Lipinski definition) is 4. The van der Waals surface area contributed by atoms with E-state index in [-0.39, 0.29) is 6.61 Å². The number of phosphoric acid groups is 1. The van der Waals surface area contributed by atoms with Crippen LogP contribution < -0.4 is 0 Å². The smallest absolute Gasteiger partial charge is 0.367 e. The minimum atomic E-state index is -4.27. The first kappa shape index (κ1) is 24.4. The van der Waals surface area contributed by atoms with Crippen LogP contribution in [0, 0.1) is 0 Å². The number of rotatable bonds is 18. The topological polar surface area (TPSA) is 72.8 Å². The van der Waals surface area contributed by atoms with E-state index in [9.17, 15) is 14.3 Å². The normalized spacial score (nSPS) is 13.4. The summed E-state index contributed by atoms with van der Waals surface area (Å²) in [7, 11) is -4.27. The highest BCUT2D eigenvalue weighted by Crippen LogP contribution is 2.43. The standard InChI is InChI=1S/C19H37O5P/c1-3-5-6-7-8-9-10-11-12-13-14-15-16-17-18-23-25(21,22)24-19(20)4-2/h4H,2-3,5-18H2,1H3,(H,21,22). The SMILES string of the molecule is C=CC(=O)OP(=O)(O)OCCCCCCCCCCCCCCCC. The van der Waals surface area contributed by atoms with Gasteiger partial charge in [-0.05, 0) is 6.42 Å². The van der Waals surface area contributed by atoms with E-state index in [0.717, 1.165) is 18.9 Å². The van der Waals surface area contributed by atoms with Crippen molar-refractivity contribution in [3.05, 3.63) is 12.7 Å². The minimum Gasteiger partial charge on any atom is -0.367 e. The van der Waals surface area contributed by atoms with E-state index in [1.165, 1.54) is 70.6 Å². The van der Waals surface area contributed by atoms with E-state index in [4.69, 9.17) is 4.52 Å². The third kappa shape index (κ3) is 18.0. The number of hydrogen-bond donors (Lipinski definition) is 1. The molecule has 0 heterocycles. The van der Waals surface area contributed by atoms with Gasteiger partial charge in [0.2, 0.25) is 0 Å². The monoisotopic (exact) mass is 376 g/mol. The van der Waals surface area contributed by atoms with Crippen LogP contribution in [0.3, 0.4) is 0 Å². The van der Waals surface area contributed by atoms with Crippen molar-refractivity contribution in [3.63, 3.8) is 0 Å². The Morgan fingerprint density at radius 1 is 0.880 bits per heavy atom. The van der Waals surface area contributed by atoms with Crippen molar-refractivity contribution < 1.29 is 23.3 Å². The average molecular weight is 376 g/mol. The molecule has 0 spiro atoms. The predicted octanol–water partition coefficient (Wildman–Crippen LogP) is 6.31. The van der Waals surface area contributed by atoms with Crippen LogP contribution in [0.4, 0.5) is 0 Å². The van der Waals surface area contributed by atoms with Gasteiger partial charge < -0.3 is 4.52 Å². The molecule has 0 saturated carbocycles. The molecule has 25 heavy (non-hydrogen) atoms. The summed E-state index contributed by atoms with van der Waals surface area (Å²) < 4.78 is 20.3. The molecule has 148 valence electrons. The van der Waals surface area contributed by atoms with Gasteiger partial charge >= 0.3 is 13.8 Å². The Hall–Kier alpha value is -0.640. The highest BCUT2D eigenvalue weighted by Gasteiger charge is 2.24. The minimum absolute atomic E-state index is 0.121. The quantitative estimate of drug-likeness (QED) is 0.172. The molecule has 0 aliphatic rings. The van der Waals surface area contributed by atoms with Gasteiger partial charge in [-0.15, -0.1) is 0 Å². The summed E-state index contributed by atoms with van der Waals surface area (Å²) in [6.07, 6.45) is 18.2. The Kier molecular flexibility index (Phi) is 16.4. The van der Waals surface area contributed by atoms with Crippen molar-refractivity contribution in [2.24, 2.45) is 0 Å². The molecule has 1 atom stereocenters. The summed E-state index contributed by atoms with van der Waals surface area (Å²) in [4.78, 5) is 20.1. The van der Waals surface area contributed by atoms with Crippen molar-refractivity contribution in [3.8, 4) is 0 Å². The maximum Gasteiger partial charge on any atom is 0.529 e. The van der Waals surface area contributed by atoms with Crippen LogP contribution in [0.2, 0.25) is 0 Å². The van der Waals surface area contributed by atoms with Crippen molar-refractivity contribution in [2.75, 3.05) is 6.61 Å². The molecule has 0 aromatic rings. The van der Waals surface area contributed by atoms with Crippen LogP contribution in [0.15, 0.2) is 12.7 Å². The lowest BCUT2D eigenvalue weighted by Crippen LogP contribution is -2.02. The molecule has 1 N–H and O–H groups in total. The van der Waals surface area contributed by atoms with Crippen LogP contribution in [0.1, 0.15) is 96.8 Å². The predicted molar refractivity (Wildman–Crippen MR) is 102 cm³/mol. The van der Waals surface area contributed by atoms with Crippen LogP contribution >= 0.6 is 7.82 Å². The molecular formula is C19H37O5P. The van der Waals surface area contributed by atoms with Gasteiger partial charge in [0.05, 0.1) is 6.61 Å². The Labute approximate surface area is 153 Å². The number of carbonyl (C=O) groups is 1. The van der Waals surface area contributed by atoms with E-state index < -0.39 is 13.8 Å². The van der Waals surface area contributed by atoms with Crippen LogP contribution in [0.5, 0.6) is 0 Å². The summed E-state index contributed by atoms with van der Waals surface area (Å²) >= 11 is 0. The third-order valence-electron chi connectivity index (χ3n) is 4.12. The first-order valence-corrected chi connectivity index (χ1v) is 11.3. The number of carbonyl (C=O) groups excluding carboxylic acids is 1. The second-order valence-corrected chi connectivity index (χ2v) is 7.89. The molecule has 0 aliphatic heterocycles. The summed E-state index contributed by atoms with van der Waals surface area (Å²) in [5.41, 5.74) is 0. The first-order chi connectivity index (χ1) is 12.0. The van der Waals surface area contributed by atoms with Gasteiger partial charge in [0.15, 0.2) is 0 Å². The van der Waals surface area contributed by atoms with Gasteiger partial charge in [0, 0.05) is 6.08 Å². The second kappa shape index (κ2) is 16.8. The molecule has 0 bridgehead atoms. The van der Waals surface area contributed by atoms with Gasteiger partial charge in [-0.3, -0.25) is 9.42 Å². The summed E-state index contributed by atoms with van der Waals surface area (Å²) in [6, 6.07) is 0. The van der Waals surface area contributed by atoms with Gasteiger partial charge in [-0.25, -0.2) is 9.36 Å². The molecule has 0 aliphatic carbocycles. The van der Waals surface area contributed by atoms with Crippen molar-refractivity contribution in [2.45, 2.75) is 96.8 Å². The van der Waals surface area contributed by atoms with Crippen LogP contribution in [-0.4, -0.2) is 17.5 Å². The zero-order valence-electron chi connectivity index (χ0n) is 15.9. The molecule has 0 rings (SSSR count). The highest BCUT2D eigenvalue weighted by molar-refractivity contribution is 7.48. The van der Waals surface area contributed by atoms with E-state index >= 15 is 0 Å². The fraction of sp³-hybridized carbons (Fsp3) is 0.842. The summed E-state index contributed by atoms with van der Waals surface area (Å²) in [5, 5.41) is 0. The molecule has 0 saturated heterocycles. The average Bonchev–Trinajstić information content (AvgIpc) is 2.57. The van der Waals surface area contributed by atoms with Gasteiger partial charge in [-0.2, -0.15) is 0 Å². The van der Waals surface area contributed by atoms with E-state index in [2.05, 4.69) is 18.0 Å². The van der Waals surface area contributed by atoms with Crippen molar-refractivity contribution in [1.29, 1.82) is 0 Å². The lowest BCUT2D eigenvalue weighted by Gasteiger charge is -2.10. The molecule has 0 aromatic carbocycles. The molecular weight excluding hydrogens is 339 g/mol.